The molecule has 2 rings (SSSR count). The minimum Gasteiger partial charge on any atom is -0.356 e. The highest BCUT2D eigenvalue weighted by Crippen LogP contribution is 2.62. The number of nitrogens with one attached hydrogen (secondary N) is 1. The van der Waals surface area contributed by atoms with Crippen LogP contribution in [0.2, 0.25) is 0 Å². The summed E-state index contributed by atoms with van der Waals surface area (Å²) in [6, 6.07) is 0. The van der Waals surface area contributed by atoms with Gasteiger partial charge in [0.2, 0.25) is 5.91 Å². The monoisotopic (exact) mass is 223 g/mol. The lowest BCUT2D eigenvalue weighted by molar-refractivity contribution is -0.123. The summed E-state index contributed by atoms with van der Waals surface area (Å²) in [5, 5.41) is 3.00. The van der Waals surface area contributed by atoms with Crippen LogP contribution in [-0.2, 0) is 4.79 Å². The average Bonchev–Trinajstić information content (AvgIpc) is 2.94. The highest BCUT2D eigenvalue weighted by molar-refractivity contribution is 5.82. The van der Waals surface area contributed by atoms with Crippen LogP contribution in [0.1, 0.15) is 40.5 Å². The molecule has 92 valence electrons. The van der Waals surface area contributed by atoms with Gasteiger partial charge >= 0.3 is 0 Å². The molecular weight excluding hydrogens is 198 g/mol. The Morgan fingerprint density at radius 1 is 1.31 bits per heavy atom. The number of carbonyl (C=O) groups excluding carboxylic acids is 1. The number of hydrogen-bond donors (Lipinski definition) is 1. The van der Waals surface area contributed by atoms with Gasteiger partial charge in [0, 0.05) is 12.5 Å². The van der Waals surface area contributed by atoms with E-state index in [1.807, 2.05) is 6.92 Å². The SMILES string of the molecule is CCNC(=O)[C@@H]1[C@@H]2[C@H]1[C@H](C)CC[C@H]2C(C)C. The van der Waals surface area contributed by atoms with E-state index in [4.69, 9.17) is 0 Å². The second kappa shape index (κ2) is 4.38. The fourth-order valence-electron chi connectivity index (χ4n) is 3.90. The highest BCUT2D eigenvalue weighted by Gasteiger charge is 2.61. The van der Waals surface area contributed by atoms with Crippen LogP contribution in [0.5, 0.6) is 0 Å². The van der Waals surface area contributed by atoms with Gasteiger partial charge < -0.3 is 5.32 Å². The van der Waals surface area contributed by atoms with E-state index >= 15 is 0 Å². The lowest BCUT2D eigenvalue weighted by atomic mass is 9.77. The van der Waals surface area contributed by atoms with Gasteiger partial charge in [-0.3, -0.25) is 4.79 Å². The summed E-state index contributed by atoms with van der Waals surface area (Å²) in [7, 11) is 0. The van der Waals surface area contributed by atoms with Crippen molar-refractivity contribution in [1.82, 2.24) is 5.32 Å². The fraction of sp³-hybridized carbons (Fsp3) is 0.929. The zero-order chi connectivity index (χ0) is 11.9. The number of fused-ring (bicyclic) bond motifs is 1. The molecule has 0 saturated heterocycles. The van der Waals surface area contributed by atoms with Crippen LogP contribution >= 0.6 is 0 Å². The van der Waals surface area contributed by atoms with E-state index < -0.39 is 0 Å². The molecule has 2 nitrogen and oxygen atoms in total. The summed E-state index contributed by atoms with van der Waals surface area (Å²) in [6.07, 6.45) is 2.65. The maximum Gasteiger partial charge on any atom is 0.223 e. The zero-order valence-corrected chi connectivity index (χ0v) is 11.0. The van der Waals surface area contributed by atoms with Crippen LogP contribution in [0, 0.1) is 35.5 Å². The Morgan fingerprint density at radius 2 is 2.00 bits per heavy atom. The van der Waals surface area contributed by atoms with Gasteiger partial charge in [-0.2, -0.15) is 0 Å². The van der Waals surface area contributed by atoms with Crippen LogP contribution in [0.3, 0.4) is 0 Å². The van der Waals surface area contributed by atoms with Crippen molar-refractivity contribution in [3.05, 3.63) is 0 Å². The van der Waals surface area contributed by atoms with Crippen molar-refractivity contribution in [2.75, 3.05) is 6.54 Å². The Morgan fingerprint density at radius 3 is 2.56 bits per heavy atom. The van der Waals surface area contributed by atoms with Gasteiger partial charge in [-0.05, 0) is 42.9 Å². The van der Waals surface area contributed by atoms with Crippen molar-refractivity contribution >= 4 is 5.91 Å². The molecule has 0 radical (unpaired) electrons. The summed E-state index contributed by atoms with van der Waals surface area (Å²) in [5.74, 6) is 4.31. The van der Waals surface area contributed by atoms with Crippen LogP contribution in [0.4, 0.5) is 0 Å². The van der Waals surface area contributed by atoms with Crippen LogP contribution in [-0.4, -0.2) is 12.5 Å². The molecular formula is C14H25NO. The number of amides is 1. The van der Waals surface area contributed by atoms with Crippen molar-refractivity contribution < 1.29 is 4.79 Å². The van der Waals surface area contributed by atoms with E-state index in [2.05, 4.69) is 26.1 Å². The van der Waals surface area contributed by atoms with Gasteiger partial charge in [0.25, 0.3) is 0 Å². The second-order valence-electron chi connectivity index (χ2n) is 6.04. The first-order valence-corrected chi connectivity index (χ1v) is 6.85. The highest BCUT2D eigenvalue weighted by atomic mass is 16.2. The standard InChI is InChI=1S/C14H25NO/c1-5-15-14(16)13-11-9(4)6-7-10(8(2)3)12(11)13/h8-13H,5-7H2,1-4H3,(H,15,16)/t9-,10+,11-,12+,13+/m1/s1. The molecule has 1 N–H and O–H groups in total. The summed E-state index contributed by atoms with van der Waals surface area (Å²) in [5.41, 5.74) is 0. The molecule has 16 heavy (non-hydrogen) atoms. The van der Waals surface area contributed by atoms with E-state index in [0.29, 0.717) is 23.7 Å². The fourth-order valence-corrected chi connectivity index (χ4v) is 3.90. The van der Waals surface area contributed by atoms with E-state index in [1.54, 1.807) is 0 Å². The second-order valence-corrected chi connectivity index (χ2v) is 6.04. The van der Waals surface area contributed by atoms with Gasteiger partial charge in [0.05, 0.1) is 0 Å². The molecule has 2 saturated carbocycles. The molecule has 0 aromatic carbocycles. The first kappa shape index (κ1) is 11.9. The Bertz CT molecular complexity index is 274. The molecule has 0 bridgehead atoms. The Kier molecular flexibility index (Phi) is 3.27. The molecule has 0 aromatic rings. The third kappa shape index (κ3) is 1.87. The number of carbonyl (C=O) groups is 1. The van der Waals surface area contributed by atoms with Gasteiger partial charge in [-0.25, -0.2) is 0 Å². The third-order valence-electron chi connectivity index (χ3n) is 4.75. The topological polar surface area (TPSA) is 29.1 Å². The molecule has 0 unspecified atom stereocenters. The lowest BCUT2D eigenvalue weighted by Crippen LogP contribution is -2.26. The van der Waals surface area contributed by atoms with E-state index in [1.165, 1.54) is 12.8 Å². The van der Waals surface area contributed by atoms with Gasteiger partial charge in [-0.1, -0.05) is 27.2 Å². The van der Waals surface area contributed by atoms with Crippen molar-refractivity contribution in [3.63, 3.8) is 0 Å². The van der Waals surface area contributed by atoms with Crippen LogP contribution in [0.25, 0.3) is 0 Å². The van der Waals surface area contributed by atoms with E-state index in [-0.39, 0.29) is 0 Å². The summed E-state index contributed by atoms with van der Waals surface area (Å²) in [4.78, 5) is 12.0. The minimum atomic E-state index is 0.317. The molecule has 2 heteroatoms. The molecule has 1 amide bonds. The number of rotatable bonds is 3. The Hall–Kier alpha value is -0.530. The maximum absolute atomic E-state index is 12.0. The molecule has 0 heterocycles. The van der Waals surface area contributed by atoms with Gasteiger partial charge in [-0.15, -0.1) is 0 Å². The lowest BCUT2D eigenvalue weighted by Gasteiger charge is -2.28. The first-order chi connectivity index (χ1) is 7.57. The Balaban J connectivity index is 2.05. The van der Waals surface area contributed by atoms with Crippen molar-refractivity contribution in [2.24, 2.45) is 35.5 Å². The first-order valence-electron chi connectivity index (χ1n) is 6.85. The van der Waals surface area contributed by atoms with Crippen molar-refractivity contribution in [3.8, 4) is 0 Å². The molecule has 5 atom stereocenters. The summed E-state index contributed by atoms with van der Waals surface area (Å²) >= 11 is 0. The van der Waals surface area contributed by atoms with E-state index in [9.17, 15) is 4.79 Å². The van der Waals surface area contributed by atoms with Gasteiger partial charge in [0.1, 0.15) is 0 Å². The molecule has 0 aliphatic heterocycles. The van der Waals surface area contributed by atoms with Crippen molar-refractivity contribution in [2.45, 2.75) is 40.5 Å². The smallest absolute Gasteiger partial charge is 0.223 e. The van der Waals surface area contributed by atoms with E-state index in [0.717, 1.165) is 24.3 Å². The minimum absolute atomic E-state index is 0.317. The normalized spacial score (nSPS) is 41.7. The molecule has 2 fully saturated rings. The molecule has 2 aliphatic carbocycles. The zero-order valence-electron chi connectivity index (χ0n) is 11.0. The van der Waals surface area contributed by atoms with Gasteiger partial charge in [0.15, 0.2) is 0 Å². The number of hydrogen-bond acceptors (Lipinski definition) is 1. The largest absolute Gasteiger partial charge is 0.356 e. The van der Waals surface area contributed by atoms with Crippen LogP contribution in [0.15, 0.2) is 0 Å². The summed E-state index contributed by atoms with van der Waals surface area (Å²) < 4.78 is 0. The van der Waals surface area contributed by atoms with Crippen LogP contribution < -0.4 is 5.32 Å². The quantitative estimate of drug-likeness (QED) is 0.783. The molecule has 2 aliphatic rings. The average molecular weight is 223 g/mol. The Labute approximate surface area is 99.2 Å². The molecule has 0 aromatic heterocycles. The van der Waals surface area contributed by atoms with Crippen molar-refractivity contribution in [1.29, 1.82) is 0 Å². The summed E-state index contributed by atoms with van der Waals surface area (Å²) in [6.45, 7) is 9.73. The predicted octanol–water partition coefficient (Wildman–Crippen LogP) is 2.69. The maximum atomic E-state index is 12.0. The predicted molar refractivity (Wildman–Crippen MR) is 65.9 cm³/mol. The molecule has 0 spiro atoms. The third-order valence-corrected chi connectivity index (χ3v) is 4.75.